The number of nitrogens with one attached hydrogen (secondary N) is 2. The number of amides is 2. The smallest absolute Gasteiger partial charge is 0.271 e. The Kier molecular flexibility index (Phi) is 8.31. The van der Waals surface area contributed by atoms with Crippen molar-refractivity contribution in [2.75, 3.05) is 30.3 Å². The Hall–Kier alpha value is -4.32. The highest BCUT2D eigenvalue weighted by atomic mass is 19.1. The zero-order valence-corrected chi connectivity index (χ0v) is 21.4. The molecule has 0 unspecified atom stereocenters. The summed E-state index contributed by atoms with van der Waals surface area (Å²) in [5, 5.41) is 10.1. The molecule has 1 aliphatic rings. The molecule has 0 radical (unpaired) electrons. The molecular weight excluding hydrogens is 491 g/mol. The van der Waals surface area contributed by atoms with Crippen molar-refractivity contribution < 1.29 is 18.7 Å². The normalized spacial score (nSPS) is 14.2. The Morgan fingerprint density at radius 1 is 1.24 bits per heavy atom. The minimum absolute atomic E-state index is 0.00886. The van der Waals surface area contributed by atoms with Crippen LogP contribution >= 0.6 is 0 Å². The molecule has 1 fully saturated rings. The summed E-state index contributed by atoms with van der Waals surface area (Å²) in [5.41, 5.74) is 6.72. The molecule has 200 valence electrons. The van der Waals surface area contributed by atoms with Crippen LogP contribution in [-0.4, -0.2) is 56.1 Å². The van der Waals surface area contributed by atoms with Crippen molar-refractivity contribution in [2.45, 2.75) is 39.2 Å². The van der Waals surface area contributed by atoms with E-state index in [9.17, 15) is 14.0 Å². The van der Waals surface area contributed by atoms with Gasteiger partial charge in [-0.1, -0.05) is 20.4 Å². The van der Waals surface area contributed by atoms with Crippen LogP contribution in [0, 0.1) is 5.82 Å². The van der Waals surface area contributed by atoms with Gasteiger partial charge in [0.25, 0.3) is 5.91 Å². The fraction of sp³-hybridized carbons (Fsp3) is 0.346. The molecule has 0 spiro atoms. The predicted octanol–water partition coefficient (Wildman–Crippen LogP) is 3.79. The first-order chi connectivity index (χ1) is 18.3. The Morgan fingerprint density at radius 3 is 2.66 bits per heavy atom. The maximum atomic E-state index is 14.6. The number of primary amides is 1. The molecule has 3 heterocycles. The van der Waals surface area contributed by atoms with Crippen LogP contribution in [0.5, 0.6) is 11.6 Å². The second kappa shape index (κ2) is 11.8. The topological polar surface area (TPSA) is 140 Å². The first kappa shape index (κ1) is 26.7. The molecule has 0 saturated carbocycles. The maximum absolute atomic E-state index is 14.6. The second-order valence-electron chi connectivity index (χ2n) is 8.83. The van der Waals surface area contributed by atoms with E-state index < -0.39 is 17.6 Å². The van der Waals surface area contributed by atoms with Crippen molar-refractivity contribution in [1.82, 2.24) is 24.6 Å². The quantitative estimate of drug-likeness (QED) is 0.342. The van der Waals surface area contributed by atoms with Gasteiger partial charge in [-0.15, -0.1) is 0 Å². The first-order valence-corrected chi connectivity index (χ1v) is 12.5. The van der Waals surface area contributed by atoms with E-state index in [-0.39, 0.29) is 29.2 Å². The summed E-state index contributed by atoms with van der Waals surface area (Å²) in [6.07, 6.45) is 6.90. The molecule has 1 aliphatic heterocycles. The summed E-state index contributed by atoms with van der Waals surface area (Å²) < 4.78 is 22.3. The van der Waals surface area contributed by atoms with Gasteiger partial charge in [-0.2, -0.15) is 10.1 Å². The third-order valence-corrected chi connectivity index (χ3v) is 6.33. The van der Waals surface area contributed by atoms with Gasteiger partial charge in [0, 0.05) is 31.0 Å². The number of aromatic nitrogens is 4. The third-order valence-electron chi connectivity index (χ3n) is 6.33. The largest absolute Gasteiger partial charge is 0.434 e. The van der Waals surface area contributed by atoms with Crippen LogP contribution in [0.25, 0.3) is 0 Å². The van der Waals surface area contributed by atoms with Crippen molar-refractivity contribution in [3.8, 4) is 11.6 Å². The summed E-state index contributed by atoms with van der Waals surface area (Å²) in [6.45, 7) is 10.4. The number of piperidine rings is 1. The molecule has 1 aromatic carbocycles. The highest BCUT2D eigenvalue weighted by Crippen LogP contribution is 2.31. The van der Waals surface area contributed by atoms with E-state index in [1.54, 1.807) is 13.1 Å². The minimum atomic E-state index is -0.777. The van der Waals surface area contributed by atoms with Crippen LogP contribution in [0.3, 0.4) is 0 Å². The lowest BCUT2D eigenvalue weighted by Gasteiger charge is -2.31. The van der Waals surface area contributed by atoms with Crippen LogP contribution in [-0.2, 0) is 11.2 Å². The molecule has 1 saturated heterocycles. The lowest BCUT2D eigenvalue weighted by molar-refractivity contribution is -0.111. The van der Waals surface area contributed by atoms with Crippen molar-refractivity contribution in [2.24, 2.45) is 5.73 Å². The first-order valence-electron chi connectivity index (χ1n) is 12.5. The molecule has 0 bridgehead atoms. The van der Waals surface area contributed by atoms with Crippen LogP contribution in [0.4, 0.5) is 21.6 Å². The highest BCUT2D eigenvalue weighted by Gasteiger charge is 2.22. The molecule has 11 nitrogen and oxygen atoms in total. The van der Waals surface area contributed by atoms with Gasteiger partial charge in [-0.05, 0) is 44.0 Å². The summed E-state index contributed by atoms with van der Waals surface area (Å²) >= 11 is 0. The molecule has 2 amide bonds. The number of rotatable bonds is 10. The molecule has 0 aliphatic carbocycles. The summed E-state index contributed by atoms with van der Waals surface area (Å²) in [6, 6.07) is 4.14. The van der Waals surface area contributed by atoms with E-state index in [2.05, 4.69) is 44.1 Å². The van der Waals surface area contributed by atoms with E-state index in [0.717, 1.165) is 44.6 Å². The molecule has 12 heteroatoms. The van der Waals surface area contributed by atoms with E-state index in [1.807, 2.05) is 10.9 Å². The van der Waals surface area contributed by atoms with Gasteiger partial charge >= 0.3 is 0 Å². The predicted molar refractivity (Wildman–Crippen MR) is 141 cm³/mol. The number of hydrogen-bond donors (Lipinski definition) is 3. The number of carbonyl (C=O) groups excluding carboxylic acids is 2. The number of nitrogens with zero attached hydrogens (tertiary/aromatic N) is 5. The third kappa shape index (κ3) is 6.14. The summed E-state index contributed by atoms with van der Waals surface area (Å²) in [5.74, 6) is -2.03. The number of nitrogens with two attached hydrogens (primary N) is 1. The van der Waals surface area contributed by atoms with E-state index in [4.69, 9.17) is 10.5 Å². The van der Waals surface area contributed by atoms with Gasteiger partial charge in [0.15, 0.2) is 23.1 Å². The van der Waals surface area contributed by atoms with Gasteiger partial charge in [0.2, 0.25) is 11.8 Å². The Bertz CT molecular complexity index is 1330. The van der Waals surface area contributed by atoms with Crippen LogP contribution in [0.15, 0.2) is 43.2 Å². The number of halogens is 1. The SMILES string of the molecule is C=CC(=O)Nc1ccc(F)c(Oc2nc(Nc3cnn(C4CCN(CC)CC4)c3)c(C(N)=O)nc2CC)c1. The van der Waals surface area contributed by atoms with E-state index >= 15 is 0 Å². The minimum Gasteiger partial charge on any atom is -0.434 e. The average molecular weight is 523 g/mol. The highest BCUT2D eigenvalue weighted by molar-refractivity contribution is 5.99. The van der Waals surface area contributed by atoms with Gasteiger partial charge in [0.05, 0.1) is 17.9 Å². The Morgan fingerprint density at radius 2 is 2.00 bits per heavy atom. The lowest BCUT2D eigenvalue weighted by atomic mass is 10.1. The fourth-order valence-corrected chi connectivity index (χ4v) is 4.22. The second-order valence-corrected chi connectivity index (χ2v) is 8.83. The molecule has 4 rings (SSSR count). The van der Waals surface area contributed by atoms with Gasteiger partial charge < -0.3 is 26.0 Å². The van der Waals surface area contributed by atoms with E-state index in [1.165, 1.54) is 12.1 Å². The van der Waals surface area contributed by atoms with Crippen LogP contribution in [0.2, 0.25) is 0 Å². The molecule has 4 N–H and O–H groups in total. The standard InChI is InChI=1S/C26H31FN8O3/c1-4-20-26(38-21-13-16(7-8-19(21)27)30-22(36)5-2)33-25(23(32-20)24(28)37)31-17-14-29-35(15-17)18-9-11-34(6-3)12-10-18/h5,7-8,13-15,18H,2,4,6,9-12H2,1,3H3,(H2,28,37)(H,30,36)(H,31,33). The average Bonchev–Trinajstić information content (AvgIpc) is 3.39. The summed E-state index contributed by atoms with van der Waals surface area (Å²) in [4.78, 5) is 35.0. The fourth-order valence-electron chi connectivity index (χ4n) is 4.22. The monoisotopic (exact) mass is 522 g/mol. The maximum Gasteiger partial charge on any atom is 0.271 e. The zero-order valence-electron chi connectivity index (χ0n) is 21.4. The molecule has 2 aromatic heterocycles. The Balaban J connectivity index is 1.61. The van der Waals surface area contributed by atoms with Crippen molar-refractivity contribution in [3.63, 3.8) is 0 Å². The van der Waals surface area contributed by atoms with E-state index in [0.29, 0.717) is 23.5 Å². The molecule has 38 heavy (non-hydrogen) atoms. The van der Waals surface area contributed by atoms with Crippen LogP contribution < -0.4 is 21.1 Å². The number of hydrogen-bond acceptors (Lipinski definition) is 8. The van der Waals surface area contributed by atoms with Crippen LogP contribution in [0.1, 0.15) is 48.9 Å². The zero-order chi connectivity index (χ0) is 27.2. The molecule has 0 atom stereocenters. The number of benzene rings is 1. The van der Waals surface area contributed by atoms with Gasteiger partial charge in [-0.3, -0.25) is 14.3 Å². The lowest BCUT2D eigenvalue weighted by Crippen LogP contribution is -2.34. The van der Waals surface area contributed by atoms with Crippen molar-refractivity contribution in [3.05, 3.63) is 60.5 Å². The van der Waals surface area contributed by atoms with Crippen molar-refractivity contribution >= 4 is 29.0 Å². The number of ether oxygens (including phenoxy) is 1. The molecular formula is C26H31FN8O3. The summed E-state index contributed by atoms with van der Waals surface area (Å²) in [7, 11) is 0. The van der Waals surface area contributed by atoms with Gasteiger partial charge in [-0.25, -0.2) is 9.37 Å². The number of carbonyl (C=O) groups is 2. The number of aryl methyl sites for hydroxylation is 1. The van der Waals surface area contributed by atoms with Crippen molar-refractivity contribution in [1.29, 1.82) is 0 Å². The van der Waals surface area contributed by atoms with Gasteiger partial charge in [0.1, 0.15) is 5.69 Å². The Labute approximate surface area is 219 Å². The number of anilines is 3. The molecule has 3 aromatic rings. The number of likely N-dealkylation sites (tertiary alicyclic amines) is 1.